The van der Waals surface area contributed by atoms with Gasteiger partial charge in [0, 0.05) is 28.6 Å². The van der Waals surface area contributed by atoms with Gasteiger partial charge >= 0.3 is 6.18 Å². The summed E-state index contributed by atoms with van der Waals surface area (Å²) in [6, 6.07) is 9.91. The quantitative estimate of drug-likeness (QED) is 0.283. The highest BCUT2D eigenvalue weighted by Gasteiger charge is 2.35. The number of aldehydes is 1. The predicted molar refractivity (Wildman–Crippen MR) is 139 cm³/mol. The molecular formula is C26H26F3N5O2S2. The van der Waals surface area contributed by atoms with E-state index in [1.807, 2.05) is 40.6 Å². The van der Waals surface area contributed by atoms with E-state index in [0.29, 0.717) is 29.4 Å². The minimum atomic E-state index is -4.52. The van der Waals surface area contributed by atoms with Crippen LogP contribution in [-0.4, -0.2) is 54.3 Å². The number of para-hydroxylation sites is 1. The summed E-state index contributed by atoms with van der Waals surface area (Å²) in [5, 5.41) is 7.53. The molecule has 1 fully saturated rings. The van der Waals surface area contributed by atoms with Crippen LogP contribution in [0.1, 0.15) is 40.8 Å². The number of rotatable bonds is 8. The summed E-state index contributed by atoms with van der Waals surface area (Å²) in [7, 11) is -1.28. The molecule has 0 radical (unpaired) electrons. The van der Waals surface area contributed by atoms with E-state index in [4.69, 9.17) is 4.98 Å². The zero-order chi connectivity index (χ0) is 26.9. The molecule has 1 aromatic carbocycles. The van der Waals surface area contributed by atoms with Crippen molar-refractivity contribution in [2.24, 2.45) is 0 Å². The number of aromatic nitrogens is 4. The van der Waals surface area contributed by atoms with Crippen molar-refractivity contribution in [2.45, 2.75) is 55.1 Å². The van der Waals surface area contributed by atoms with Gasteiger partial charge in [-0.25, -0.2) is 4.98 Å². The SMILES string of the molecule is Cc1cc(C(F)(F)F)nn1CC(C=O)N1CCC(c2nc(CS(=O)c3cccc4cccnc34)cs2)CC1. The molecule has 4 heterocycles. The lowest BCUT2D eigenvalue weighted by Gasteiger charge is -2.34. The highest BCUT2D eigenvalue weighted by molar-refractivity contribution is 7.84. The fourth-order valence-corrected chi connectivity index (χ4v) is 7.07. The smallest absolute Gasteiger partial charge is 0.302 e. The van der Waals surface area contributed by atoms with Crippen molar-refractivity contribution in [3.05, 3.63) is 70.1 Å². The first kappa shape index (κ1) is 26.6. The van der Waals surface area contributed by atoms with Gasteiger partial charge in [0.1, 0.15) is 6.29 Å². The van der Waals surface area contributed by atoms with Gasteiger partial charge in [-0.3, -0.25) is 18.8 Å². The first-order valence-corrected chi connectivity index (χ1v) is 14.4. The number of pyridine rings is 1. The van der Waals surface area contributed by atoms with E-state index in [9.17, 15) is 22.2 Å². The number of carbonyl (C=O) groups is 1. The second-order valence-electron chi connectivity index (χ2n) is 9.36. The van der Waals surface area contributed by atoms with Gasteiger partial charge in [-0.1, -0.05) is 18.2 Å². The summed E-state index contributed by atoms with van der Waals surface area (Å²) < 4.78 is 53.4. The standard InChI is InChI=1S/C26H26F3N5O2S2/c1-17-12-23(26(27,28)29)32-34(17)13-21(14-35)33-10-7-19(8-11-33)25-31-20(15-37-25)16-38(36)22-6-2-4-18-5-3-9-30-24(18)22/h2-6,9,12,14-15,19,21H,7-8,10-11,13,16H2,1H3. The molecule has 2 unspecified atom stereocenters. The maximum absolute atomic E-state index is 13.1. The van der Waals surface area contributed by atoms with E-state index >= 15 is 0 Å². The molecule has 0 aliphatic carbocycles. The number of benzene rings is 1. The van der Waals surface area contributed by atoms with Gasteiger partial charge in [0.05, 0.1) is 50.3 Å². The number of halogens is 3. The third-order valence-electron chi connectivity index (χ3n) is 6.83. The molecule has 4 aromatic rings. The number of thiazole rings is 1. The van der Waals surface area contributed by atoms with Gasteiger partial charge in [0.15, 0.2) is 5.69 Å². The van der Waals surface area contributed by atoms with Crippen molar-refractivity contribution in [2.75, 3.05) is 13.1 Å². The van der Waals surface area contributed by atoms with Crippen molar-refractivity contribution >= 4 is 39.3 Å². The fourth-order valence-electron chi connectivity index (χ4n) is 4.78. The topological polar surface area (TPSA) is 81.0 Å². The van der Waals surface area contributed by atoms with Crippen molar-refractivity contribution < 1.29 is 22.2 Å². The van der Waals surface area contributed by atoms with Crippen LogP contribution >= 0.6 is 11.3 Å². The van der Waals surface area contributed by atoms with Crippen molar-refractivity contribution in [3.63, 3.8) is 0 Å². The monoisotopic (exact) mass is 561 g/mol. The van der Waals surface area contributed by atoms with Crippen LogP contribution in [0.3, 0.4) is 0 Å². The number of fused-ring (bicyclic) bond motifs is 1. The molecule has 1 aliphatic heterocycles. The minimum absolute atomic E-state index is 0.0757. The van der Waals surface area contributed by atoms with Crippen LogP contribution in [0.25, 0.3) is 10.9 Å². The average molecular weight is 562 g/mol. The van der Waals surface area contributed by atoms with Crippen LogP contribution in [0.2, 0.25) is 0 Å². The van der Waals surface area contributed by atoms with Crippen LogP contribution in [0.5, 0.6) is 0 Å². The Morgan fingerprint density at radius 3 is 2.68 bits per heavy atom. The Kier molecular flexibility index (Phi) is 7.73. The van der Waals surface area contributed by atoms with Crippen LogP contribution in [0.15, 0.2) is 52.9 Å². The molecule has 38 heavy (non-hydrogen) atoms. The number of nitrogens with zero attached hydrogens (tertiary/aromatic N) is 5. The zero-order valence-electron chi connectivity index (χ0n) is 20.6. The van der Waals surface area contributed by atoms with Crippen LogP contribution in [0.4, 0.5) is 13.2 Å². The summed E-state index contributed by atoms with van der Waals surface area (Å²) >= 11 is 1.55. The Labute approximate surface area is 224 Å². The lowest BCUT2D eigenvalue weighted by Crippen LogP contribution is -2.44. The Hall–Kier alpha value is -2.96. The molecule has 2 atom stereocenters. The van der Waals surface area contributed by atoms with Gasteiger partial charge in [0.25, 0.3) is 0 Å². The molecule has 200 valence electrons. The van der Waals surface area contributed by atoms with Gasteiger partial charge in [-0.15, -0.1) is 11.3 Å². The Bertz CT molecular complexity index is 1460. The summed E-state index contributed by atoms with van der Waals surface area (Å²) in [5.41, 5.74) is 0.932. The number of aryl methyl sites for hydroxylation is 1. The second kappa shape index (κ2) is 11.0. The van der Waals surface area contributed by atoms with Crippen LogP contribution < -0.4 is 0 Å². The van der Waals surface area contributed by atoms with E-state index in [1.54, 1.807) is 24.5 Å². The molecule has 1 aliphatic rings. The summed E-state index contributed by atoms with van der Waals surface area (Å²) in [6.45, 7) is 2.89. The number of alkyl halides is 3. The lowest BCUT2D eigenvalue weighted by atomic mass is 9.96. The Morgan fingerprint density at radius 2 is 1.97 bits per heavy atom. The van der Waals surface area contributed by atoms with Crippen molar-refractivity contribution in [3.8, 4) is 0 Å². The van der Waals surface area contributed by atoms with Gasteiger partial charge in [-0.2, -0.15) is 18.3 Å². The van der Waals surface area contributed by atoms with E-state index in [1.165, 1.54) is 4.68 Å². The lowest BCUT2D eigenvalue weighted by molar-refractivity contribution is -0.141. The van der Waals surface area contributed by atoms with E-state index < -0.39 is 28.7 Å². The molecule has 3 aromatic heterocycles. The molecule has 0 saturated carbocycles. The number of carbonyl (C=O) groups excluding carboxylic acids is 1. The molecule has 0 amide bonds. The molecule has 0 N–H and O–H groups in total. The number of piperidine rings is 1. The Morgan fingerprint density at radius 1 is 1.21 bits per heavy atom. The molecule has 0 spiro atoms. The molecule has 1 saturated heterocycles. The zero-order valence-corrected chi connectivity index (χ0v) is 22.2. The predicted octanol–water partition coefficient (Wildman–Crippen LogP) is 4.97. The summed E-state index contributed by atoms with van der Waals surface area (Å²) in [5.74, 6) is 0.523. The largest absolute Gasteiger partial charge is 0.435 e. The first-order valence-electron chi connectivity index (χ1n) is 12.2. The normalized spacial score (nSPS) is 17.1. The van der Waals surface area contributed by atoms with Crippen molar-refractivity contribution in [1.82, 2.24) is 24.6 Å². The van der Waals surface area contributed by atoms with Crippen LogP contribution in [0, 0.1) is 6.92 Å². The van der Waals surface area contributed by atoms with Gasteiger partial charge in [-0.05, 0) is 51.1 Å². The maximum Gasteiger partial charge on any atom is 0.435 e. The molecular weight excluding hydrogens is 535 g/mol. The van der Waals surface area contributed by atoms with E-state index in [2.05, 4.69) is 10.1 Å². The summed E-state index contributed by atoms with van der Waals surface area (Å²) in [4.78, 5) is 23.7. The number of hydrogen-bond donors (Lipinski definition) is 0. The third kappa shape index (κ3) is 5.71. The molecule has 12 heteroatoms. The Balaban J connectivity index is 1.19. The minimum Gasteiger partial charge on any atom is -0.302 e. The molecule has 0 bridgehead atoms. The van der Waals surface area contributed by atoms with E-state index in [-0.39, 0.29) is 12.5 Å². The van der Waals surface area contributed by atoms with Gasteiger partial charge < -0.3 is 4.79 Å². The first-order chi connectivity index (χ1) is 18.2. The number of likely N-dealkylation sites (tertiary alicyclic amines) is 1. The average Bonchev–Trinajstić information content (AvgIpc) is 3.53. The van der Waals surface area contributed by atoms with Crippen molar-refractivity contribution in [1.29, 1.82) is 0 Å². The highest BCUT2D eigenvalue weighted by atomic mass is 32.2. The number of hydrogen-bond acceptors (Lipinski definition) is 7. The fraction of sp³-hybridized carbons (Fsp3) is 0.385. The van der Waals surface area contributed by atoms with E-state index in [0.717, 1.165) is 46.8 Å². The second-order valence-corrected chi connectivity index (χ2v) is 11.7. The molecule has 5 rings (SSSR count). The molecule has 7 nitrogen and oxygen atoms in total. The van der Waals surface area contributed by atoms with Crippen LogP contribution in [-0.2, 0) is 34.1 Å². The summed E-state index contributed by atoms with van der Waals surface area (Å²) in [6.07, 6.45) is -0.482. The maximum atomic E-state index is 13.1. The third-order valence-corrected chi connectivity index (χ3v) is 9.26. The highest BCUT2D eigenvalue weighted by Crippen LogP contribution is 2.32. The van der Waals surface area contributed by atoms with Gasteiger partial charge in [0.2, 0.25) is 0 Å².